The van der Waals surface area contributed by atoms with Gasteiger partial charge < -0.3 is 15.3 Å². The molecule has 0 saturated carbocycles. The van der Waals surface area contributed by atoms with Gasteiger partial charge in [0.2, 0.25) is 0 Å². The number of carboxylic acid groups (broad SMARTS) is 1. The highest BCUT2D eigenvalue weighted by molar-refractivity contribution is 7.98. The van der Waals surface area contributed by atoms with Crippen LogP contribution in [0.4, 0.5) is 10.6 Å². The molecule has 8 heteroatoms. The summed E-state index contributed by atoms with van der Waals surface area (Å²) in [6.45, 7) is 2.34. The Kier molecular flexibility index (Phi) is 4.43. The van der Waals surface area contributed by atoms with Gasteiger partial charge in [-0.25, -0.2) is 14.8 Å². The van der Waals surface area contributed by atoms with Crippen LogP contribution in [0.1, 0.15) is 23.7 Å². The molecule has 0 unspecified atom stereocenters. The highest BCUT2D eigenvalue weighted by atomic mass is 32.2. The van der Waals surface area contributed by atoms with Crippen molar-refractivity contribution in [2.24, 2.45) is 0 Å². The van der Waals surface area contributed by atoms with Crippen molar-refractivity contribution in [2.45, 2.75) is 24.5 Å². The van der Waals surface area contributed by atoms with Gasteiger partial charge in [0, 0.05) is 25.3 Å². The Labute approximate surface area is 120 Å². The number of hydrogen-bond donors (Lipinski definition) is 2. The van der Waals surface area contributed by atoms with E-state index in [9.17, 15) is 9.59 Å². The molecule has 108 valence electrons. The fourth-order valence-corrected chi connectivity index (χ4v) is 2.42. The molecule has 2 rings (SSSR count). The molecule has 1 fully saturated rings. The third-order valence-corrected chi connectivity index (χ3v) is 3.69. The van der Waals surface area contributed by atoms with Crippen LogP contribution >= 0.6 is 11.8 Å². The van der Waals surface area contributed by atoms with E-state index in [1.807, 2.05) is 6.26 Å². The summed E-state index contributed by atoms with van der Waals surface area (Å²) >= 11 is 1.39. The van der Waals surface area contributed by atoms with E-state index in [4.69, 9.17) is 5.11 Å². The van der Waals surface area contributed by atoms with Crippen LogP contribution in [-0.2, 0) is 0 Å². The summed E-state index contributed by atoms with van der Waals surface area (Å²) in [5.74, 6) is 0.363. The lowest BCUT2D eigenvalue weighted by Gasteiger charge is -2.16. The number of anilines is 1. The zero-order valence-electron chi connectivity index (χ0n) is 11.3. The molecule has 1 aromatic heterocycles. The van der Waals surface area contributed by atoms with Crippen LogP contribution < -0.4 is 5.32 Å². The van der Waals surface area contributed by atoms with Crippen molar-refractivity contribution in [3.8, 4) is 0 Å². The van der Waals surface area contributed by atoms with E-state index in [0.29, 0.717) is 36.0 Å². The number of hydrogen-bond acceptors (Lipinski definition) is 6. The third kappa shape index (κ3) is 3.19. The van der Waals surface area contributed by atoms with Gasteiger partial charge >= 0.3 is 6.09 Å². The Bertz CT molecular complexity index is 537. The second-order valence-corrected chi connectivity index (χ2v) is 5.31. The molecule has 1 saturated heterocycles. The number of carbonyl (C=O) groups excluding carboxylic acids is 1. The second kappa shape index (κ2) is 6.08. The van der Waals surface area contributed by atoms with E-state index in [-0.39, 0.29) is 11.8 Å². The maximum Gasteiger partial charge on any atom is 0.407 e. The number of likely N-dealkylation sites (tertiary alicyclic amines) is 1. The average molecular weight is 296 g/mol. The molecule has 0 spiro atoms. The van der Waals surface area contributed by atoms with Crippen LogP contribution in [0.2, 0.25) is 0 Å². The number of amides is 1. The first kappa shape index (κ1) is 14.6. The number of thioether (sulfide) groups is 1. The Morgan fingerprint density at radius 2 is 2.30 bits per heavy atom. The lowest BCUT2D eigenvalue weighted by Crippen LogP contribution is -2.30. The molecule has 0 bridgehead atoms. The van der Waals surface area contributed by atoms with Gasteiger partial charge in [0.15, 0.2) is 10.9 Å². The van der Waals surface area contributed by atoms with Gasteiger partial charge in [0.1, 0.15) is 5.82 Å². The van der Waals surface area contributed by atoms with Crippen molar-refractivity contribution in [3.63, 3.8) is 0 Å². The van der Waals surface area contributed by atoms with Gasteiger partial charge in [-0.15, -0.1) is 0 Å². The van der Waals surface area contributed by atoms with Gasteiger partial charge in [-0.3, -0.25) is 4.79 Å². The van der Waals surface area contributed by atoms with E-state index in [1.54, 1.807) is 0 Å². The number of nitrogens with one attached hydrogen (secondary N) is 1. The zero-order valence-corrected chi connectivity index (χ0v) is 12.1. The lowest BCUT2D eigenvalue weighted by molar-refractivity contribution is 0.101. The number of ketones is 1. The van der Waals surface area contributed by atoms with Gasteiger partial charge in [0.05, 0.1) is 5.56 Å². The molecule has 20 heavy (non-hydrogen) atoms. The van der Waals surface area contributed by atoms with Crippen molar-refractivity contribution < 1.29 is 14.7 Å². The molecular formula is C12H16N4O3S. The summed E-state index contributed by atoms with van der Waals surface area (Å²) in [6.07, 6.45) is 3.14. The Morgan fingerprint density at radius 1 is 1.55 bits per heavy atom. The number of rotatable bonds is 4. The molecule has 0 radical (unpaired) electrons. The fraction of sp³-hybridized carbons (Fsp3) is 0.500. The summed E-state index contributed by atoms with van der Waals surface area (Å²) < 4.78 is 0. The Balaban J connectivity index is 2.16. The van der Waals surface area contributed by atoms with Gasteiger partial charge in [-0.2, -0.15) is 0 Å². The number of aromatic nitrogens is 2. The van der Waals surface area contributed by atoms with Crippen molar-refractivity contribution in [3.05, 3.63) is 11.8 Å². The highest BCUT2D eigenvalue weighted by Gasteiger charge is 2.27. The molecule has 2 heterocycles. The van der Waals surface area contributed by atoms with Crippen LogP contribution in [-0.4, -0.2) is 57.2 Å². The number of carbonyl (C=O) groups is 2. The minimum absolute atomic E-state index is 0.0335. The maximum absolute atomic E-state index is 11.6. The maximum atomic E-state index is 11.6. The van der Waals surface area contributed by atoms with E-state index in [1.165, 1.54) is 29.8 Å². The van der Waals surface area contributed by atoms with E-state index in [2.05, 4.69) is 15.3 Å². The molecule has 0 aromatic carbocycles. The van der Waals surface area contributed by atoms with Crippen LogP contribution in [0.25, 0.3) is 0 Å². The standard InChI is InChI=1S/C12H16N4O3S/c1-7(17)9-5-13-11(20-2)15-10(9)14-8-3-4-16(6-8)12(18)19/h5,8H,3-4,6H2,1-2H3,(H,18,19)(H,13,14,15)/t8-/m0/s1. The van der Waals surface area contributed by atoms with Crippen LogP contribution in [0.15, 0.2) is 11.4 Å². The monoisotopic (exact) mass is 296 g/mol. The Morgan fingerprint density at radius 3 is 2.85 bits per heavy atom. The van der Waals surface area contributed by atoms with Crippen molar-refractivity contribution in [1.29, 1.82) is 0 Å². The summed E-state index contributed by atoms with van der Waals surface area (Å²) in [7, 11) is 0. The summed E-state index contributed by atoms with van der Waals surface area (Å²) in [5, 5.41) is 12.7. The van der Waals surface area contributed by atoms with Gasteiger partial charge in [-0.05, 0) is 19.6 Å². The molecular weight excluding hydrogens is 280 g/mol. The highest BCUT2D eigenvalue weighted by Crippen LogP contribution is 2.20. The lowest BCUT2D eigenvalue weighted by atomic mass is 10.2. The molecule has 7 nitrogen and oxygen atoms in total. The minimum Gasteiger partial charge on any atom is -0.465 e. The first-order valence-corrected chi connectivity index (χ1v) is 7.40. The Hall–Kier alpha value is -1.83. The van der Waals surface area contributed by atoms with Gasteiger partial charge in [-0.1, -0.05) is 11.8 Å². The smallest absolute Gasteiger partial charge is 0.407 e. The topological polar surface area (TPSA) is 95.4 Å². The van der Waals surface area contributed by atoms with Crippen molar-refractivity contribution in [2.75, 3.05) is 24.7 Å². The van der Waals surface area contributed by atoms with Crippen molar-refractivity contribution >= 4 is 29.5 Å². The minimum atomic E-state index is -0.923. The molecule has 1 amide bonds. The quantitative estimate of drug-likeness (QED) is 0.494. The fourth-order valence-electron chi connectivity index (χ4n) is 2.08. The van der Waals surface area contributed by atoms with E-state index >= 15 is 0 Å². The second-order valence-electron chi connectivity index (χ2n) is 4.53. The summed E-state index contributed by atoms with van der Waals surface area (Å²) in [5.41, 5.74) is 0.427. The summed E-state index contributed by atoms with van der Waals surface area (Å²) in [6, 6.07) is -0.0335. The SMILES string of the molecule is CSc1ncc(C(C)=O)c(N[C@H]2CCN(C(=O)O)C2)n1. The first-order chi connectivity index (χ1) is 9.51. The normalized spacial score (nSPS) is 18.1. The summed E-state index contributed by atoms with van der Waals surface area (Å²) in [4.78, 5) is 32.2. The number of Topliss-reactive ketones (excluding diaryl/α,β-unsaturated/α-hetero) is 1. The van der Waals surface area contributed by atoms with E-state index < -0.39 is 6.09 Å². The predicted octanol–water partition coefficient (Wildman–Crippen LogP) is 1.57. The van der Waals surface area contributed by atoms with Crippen LogP contribution in [0, 0.1) is 0 Å². The molecule has 1 aromatic rings. The number of nitrogens with zero attached hydrogens (tertiary/aromatic N) is 3. The van der Waals surface area contributed by atoms with E-state index in [0.717, 1.165) is 0 Å². The predicted molar refractivity (Wildman–Crippen MR) is 75.4 cm³/mol. The van der Waals surface area contributed by atoms with Crippen LogP contribution in [0.3, 0.4) is 0 Å². The van der Waals surface area contributed by atoms with Crippen LogP contribution in [0.5, 0.6) is 0 Å². The molecule has 1 aliphatic heterocycles. The first-order valence-electron chi connectivity index (χ1n) is 6.17. The zero-order chi connectivity index (χ0) is 14.7. The molecule has 1 atom stereocenters. The van der Waals surface area contributed by atoms with Gasteiger partial charge in [0.25, 0.3) is 0 Å². The third-order valence-electron chi connectivity index (χ3n) is 3.13. The molecule has 1 aliphatic rings. The van der Waals surface area contributed by atoms with Crippen molar-refractivity contribution in [1.82, 2.24) is 14.9 Å². The molecule has 2 N–H and O–H groups in total. The molecule has 0 aliphatic carbocycles. The average Bonchev–Trinajstić information content (AvgIpc) is 2.87. The largest absolute Gasteiger partial charge is 0.465 e.